The fraction of sp³-hybridized carbons (Fsp3) is 0.412. The lowest BCUT2D eigenvalue weighted by molar-refractivity contribution is -0.148. The van der Waals surface area contributed by atoms with Crippen molar-refractivity contribution < 1.29 is 23.5 Å². The highest BCUT2D eigenvalue weighted by atomic mass is 16.5. The van der Waals surface area contributed by atoms with E-state index in [1.165, 1.54) is 4.57 Å². The first-order valence-electron chi connectivity index (χ1n) is 8.25. The molecule has 2 N–H and O–H groups in total. The van der Waals surface area contributed by atoms with Crippen molar-refractivity contribution in [1.82, 2.24) is 15.2 Å². The van der Waals surface area contributed by atoms with E-state index in [2.05, 4.69) is 10.6 Å². The number of benzene rings is 1. The lowest BCUT2D eigenvalue weighted by atomic mass is 10.3. The van der Waals surface area contributed by atoms with Crippen LogP contribution < -0.4 is 16.4 Å². The number of hydrogen-bond acceptors (Lipinski definition) is 6. The van der Waals surface area contributed by atoms with Crippen molar-refractivity contribution in [3.8, 4) is 0 Å². The molecule has 0 saturated carbocycles. The molecule has 9 nitrogen and oxygen atoms in total. The maximum atomic E-state index is 11.8. The number of aromatic nitrogens is 1. The predicted octanol–water partition coefficient (Wildman–Crippen LogP) is 1.15. The second kappa shape index (κ2) is 8.84. The first-order chi connectivity index (χ1) is 12.4. The van der Waals surface area contributed by atoms with Gasteiger partial charge in [0.2, 0.25) is 0 Å². The fourth-order valence-corrected chi connectivity index (χ4v) is 2.17. The van der Waals surface area contributed by atoms with Gasteiger partial charge in [0.15, 0.2) is 12.2 Å². The second-order valence-corrected chi connectivity index (χ2v) is 5.73. The minimum absolute atomic E-state index is 0.0603. The van der Waals surface area contributed by atoms with Crippen LogP contribution in [0, 0.1) is 0 Å². The summed E-state index contributed by atoms with van der Waals surface area (Å²) in [7, 11) is 0. The average molecular weight is 363 g/mol. The monoisotopic (exact) mass is 363 g/mol. The van der Waals surface area contributed by atoms with Crippen molar-refractivity contribution in [1.29, 1.82) is 0 Å². The van der Waals surface area contributed by atoms with Gasteiger partial charge in [-0.15, -0.1) is 0 Å². The quantitative estimate of drug-likeness (QED) is 0.712. The molecule has 0 aliphatic carbocycles. The molecule has 0 saturated heterocycles. The molecule has 0 unspecified atom stereocenters. The van der Waals surface area contributed by atoms with Crippen LogP contribution in [0.4, 0.5) is 4.79 Å². The Hall–Kier alpha value is -3.10. The third-order valence-corrected chi connectivity index (χ3v) is 3.72. The minimum Gasteiger partial charge on any atom is -0.456 e. The molecule has 1 atom stereocenters. The SMILES string of the molecule is CC[C@H](C)NC(=O)NC(=O)COC(=O)CCn1c(=O)oc2ccccc21. The Bertz CT molecular complexity index is 854. The van der Waals surface area contributed by atoms with Crippen molar-refractivity contribution in [3.63, 3.8) is 0 Å². The Labute approximate surface area is 149 Å². The van der Waals surface area contributed by atoms with E-state index in [-0.39, 0.29) is 19.0 Å². The first-order valence-corrected chi connectivity index (χ1v) is 8.25. The third kappa shape index (κ3) is 5.20. The predicted molar refractivity (Wildman–Crippen MR) is 92.5 cm³/mol. The molecule has 140 valence electrons. The van der Waals surface area contributed by atoms with E-state index in [9.17, 15) is 19.2 Å². The van der Waals surface area contributed by atoms with Gasteiger partial charge in [0.25, 0.3) is 5.91 Å². The van der Waals surface area contributed by atoms with E-state index < -0.39 is 30.3 Å². The smallest absolute Gasteiger partial charge is 0.419 e. The molecule has 2 rings (SSSR count). The fourth-order valence-electron chi connectivity index (χ4n) is 2.17. The summed E-state index contributed by atoms with van der Waals surface area (Å²) < 4.78 is 11.2. The van der Waals surface area contributed by atoms with Crippen molar-refractivity contribution >= 4 is 29.0 Å². The van der Waals surface area contributed by atoms with Gasteiger partial charge in [-0.1, -0.05) is 19.1 Å². The third-order valence-electron chi connectivity index (χ3n) is 3.72. The molecule has 0 fully saturated rings. The van der Waals surface area contributed by atoms with Crippen LogP contribution in [0.25, 0.3) is 11.1 Å². The summed E-state index contributed by atoms with van der Waals surface area (Å²) in [6.45, 7) is 3.17. The summed E-state index contributed by atoms with van der Waals surface area (Å²) in [6, 6.07) is 6.13. The first kappa shape index (κ1) is 19.2. The van der Waals surface area contributed by atoms with E-state index in [0.29, 0.717) is 11.1 Å². The van der Waals surface area contributed by atoms with E-state index in [1.54, 1.807) is 31.2 Å². The highest BCUT2D eigenvalue weighted by Gasteiger charge is 2.14. The van der Waals surface area contributed by atoms with Gasteiger partial charge in [-0.3, -0.25) is 19.5 Å². The van der Waals surface area contributed by atoms with E-state index in [1.807, 2.05) is 6.92 Å². The van der Waals surface area contributed by atoms with Gasteiger partial charge >= 0.3 is 17.8 Å². The molecule has 1 heterocycles. The average Bonchev–Trinajstić information content (AvgIpc) is 2.93. The number of aryl methyl sites for hydroxylation is 1. The Morgan fingerprint density at radius 2 is 2.00 bits per heavy atom. The molecule has 0 aliphatic heterocycles. The number of imide groups is 1. The van der Waals surface area contributed by atoms with Crippen LogP contribution in [-0.2, 0) is 20.9 Å². The van der Waals surface area contributed by atoms with Crippen molar-refractivity contribution in [2.24, 2.45) is 0 Å². The van der Waals surface area contributed by atoms with Gasteiger partial charge in [0.1, 0.15) is 0 Å². The normalized spacial score (nSPS) is 11.8. The topological polar surface area (TPSA) is 120 Å². The van der Waals surface area contributed by atoms with Gasteiger partial charge < -0.3 is 14.5 Å². The Morgan fingerprint density at radius 3 is 2.73 bits per heavy atom. The number of hydrogen-bond donors (Lipinski definition) is 2. The summed E-state index contributed by atoms with van der Waals surface area (Å²) in [4.78, 5) is 46.6. The molecule has 1 aromatic heterocycles. The number of urea groups is 1. The maximum Gasteiger partial charge on any atom is 0.419 e. The highest BCUT2D eigenvalue weighted by Crippen LogP contribution is 2.12. The van der Waals surface area contributed by atoms with E-state index >= 15 is 0 Å². The molecule has 1 aromatic carbocycles. The Kier molecular flexibility index (Phi) is 6.54. The number of carbonyl (C=O) groups excluding carboxylic acids is 3. The maximum absolute atomic E-state index is 11.8. The lowest BCUT2D eigenvalue weighted by Crippen LogP contribution is -2.44. The Balaban J connectivity index is 1.78. The number of ether oxygens (including phenoxy) is 1. The van der Waals surface area contributed by atoms with E-state index in [0.717, 1.165) is 6.42 Å². The molecular weight excluding hydrogens is 342 g/mol. The molecular formula is C17H21N3O6. The number of amides is 3. The molecule has 26 heavy (non-hydrogen) atoms. The molecule has 0 bridgehead atoms. The molecule has 3 amide bonds. The molecule has 0 radical (unpaired) electrons. The van der Waals surface area contributed by atoms with Crippen LogP contribution in [0.1, 0.15) is 26.7 Å². The summed E-state index contributed by atoms with van der Waals surface area (Å²) in [5.74, 6) is -1.97. The van der Waals surface area contributed by atoms with Crippen molar-refractivity contribution in [2.45, 2.75) is 39.3 Å². The van der Waals surface area contributed by atoms with Crippen LogP contribution in [0.3, 0.4) is 0 Å². The van der Waals surface area contributed by atoms with Gasteiger partial charge in [0, 0.05) is 12.6 Å². The van der Waals surface area contributed by atoms with Gasteiger partial charge in [-0.05, 0) is 25.5 Å². The van der Waals surface area contributed by atoms with Crippen molar-refractivity contribution in [3.05, 3.63) is 34.8 Å². The largest absolute Gasteiger partial charge is 0.456 e. The zero-order chi connectivity index (χ0) is 19.1. The number of carbonyl (C=O) groups is 3. The molecule has 2 aromatic rings. The van der Waals surface area contributed by atoms with Crippen LogP contribution in [0.15, 0.2) is 33.5 Å². The standard InChI is InChI=1S/C17H21N3O6/c1-3-11(2)18-16(23)19-14(21)10-25-15(22)8-9-20-12-6-4-5-7-13(12)26-17(20)24/h4-7,11H,3,8-10H2,1-2H3,(H2,18,19,21,23)/t11-/m0/s1. The summed E-state index contributed by atoms with van der Waals surface area (Å²) in [5, 5.41) is 4.62. The minimum atomic E-state index is -0.731. The molecule has 0 spiro atoms. The summed E-state index contributed by atoms with van der Waals surface area (Å²) in [6.07, 6.45) is 0.606. The second-order valence-electron chi connectivity index (χ2n) is 5.73. The van der Waals surface area contributed by atoms with Crippen molar-refractivity contribution in [2.75, 3.05) is 6.61 Å². The summed E-state index contributed by atoms with van der Waals surface area (Å²) in [5.41, 5.74) is 1.00. The van der Waals surface area contributed by atoms with E-state index in [4.69, 9.17) is 9.15 Å². The number of esters is 1. The van der Waals surface area contributed by atoms with Gasteiger partial charge in [-0.25, -0.2) is 9.59 Å². The number of rotatable bonds is 7. The number of nitrogens with zero attached hydrogens (tertiary/aromatic N) is 1. The molecule has 0 aliphatic rings. The number of fused-ring (bicyclic) bond motifs is 1. The van der Waals surface area contributed by atoms with Crippen LogP contribution >= 0.6 is 0 Å². The number of nitrogens with one attached hydrogen (secondary N) is 2. The van der Waals surface area contributed by atoms with Gasteiger partial charge in [0.05, 0.1) is 11.9 Å². The number of oxazole rings is 1. The highest BCUT2D eigenvalue weighted by molar-refractivity contribution is 5.95. The summed E-state index contributed by atoms with van der Waals surface area (Å²) >= 11 is 0. The number of para-hydroxylation sites is 2. The van der Waals surface area contributed by atoms with Crippen LogP contribution in [0.5, 0.6) is 0 Å². The zero-order valence-corrected chi connectivity index (χ0v) is 14.6. The van der Waals surface area contributed by atoms with Crippen LogP contribution in [0.2, 0.25) is 0 Å². The van der Waals surface area contributed by atoms with Gasteiger partial charge in [-0.2, -0.15) is 0 Å². The Morgan fingerprint density at radius 1 is 1.27 bits per heavy atom. The zero-order valence-electron chi connectivity index (χ0n) is 14.6. The lowest BCUT2D eigenvalue weighted by Gasteiger charge is -2.11. The molecule has 9 heteroatoms. The van der Waals surface area contributed by atoms with Crippen LogP contribution in [-0.4, -0.2) is 35.1 Å².